The molecule has 2 heterocycles. The Bertz CT molecular complexity index is 1910. The van der Waals surface area contributed by atoms with E-state index < -0.39 is 144 Å². The van der Waals surface area contributed by atoms with Crippen molar-refractivity contribution in [2.75, 3.05) is 19.8 Å². The number of hydrogen-bond donors (Lipinski definition) is 9. The first-order chi connectivity index (χ1) is 28.7. The van der Waals surface area contributed by atoms with E-state index in [4.69, 9.17) is 28.4 Å². The molecule has 19 nitrogen and oxygen atoms in total. The molecule has 3 aliphatic carbocycles. The molecule has 14 unspecified atom stereocenters. The first-order valence-corrected chi connectivity index (χ1v) is 20.8. The van der Waals surface area contributed by atoms with Gasteiger partial charge in [-0.25, -0.2) is 14.4 Å². The van der Waals surface area contributed by atoms with Crippen LogP contribution in [-0.4, -0.2) is 163 Å². The van der Waals surface area contributed by atoms with Gasteiger partial charge in [0.2, 0.25) is 0 Å². The molecule has 1 amide bonds. The van der Waals surface area contributed by atoms with Crippen molar-refractivity contribution in [2.45, 2.75) is 152 Å². The number of Topliss-reactive ketones (excluding diaryl/α,β-unsaturated/α-hetero) is 1. The average molecular weight is 1110 g/mol. The van der Waals surface area contributed by atoms with Crippen molar-refractivity contribution >= 4 is 23.8 Å². The number of fused-ring (bicyclic) bond motifs is 5. The molecular weight excluding hydrogens is 1050 g/mol. The molecule has 2 aliphatic heterocycles. The van der Waals surface area contributed by atoms with Crippen molar-refractivity contribution in [3.63, 3.8) is 0 Å². The van der Waals surface area contributed by atoms with Gasteiger partial charge in [0, 0.05) is 68.2 Å². The maximum atomic E-state index is 15.0. The van der Waals surface area contributed by atoms with Gasteiger partial charge in [-0.2, -0.15) is 0 Å². The molecule has 4 fully saturated rings. The van der Waals surface area contributed by atoms with Crippen molar-refractivity contribution in [3.05, 3.63) is 47.0 Å². The topological polar surface area (TPSA) is 298 Å². The third-order valence-corrected chi connectivity index (χ3v) is 14.0. The molecule has 6 rings (SSSR count). The number of aliphatic hydroxyl groups is 8. The van der Waals surface area contributed by atoms with E-state index in [1.807, 2.05) is 0 Å². The summed E-state index contributed by atoms with van der Waals surface area (Å²) in [5, 5.41) is 91.9. The molecule has 20 heteroatoms. The Morgan fingerprint density at radius 1 is 0.984 bits per heavy atom. The van der Waals surface area contributed by atoms with Crippen LogP contribution in [0.25, 0.3) is 0 Å². The van der Waals surface area contributed by atoms with Crippen LogP contribution in [0.5, 0.6) is 0 Å². The number of hydrogen-bond acceptors (Lipinski definition) is 18. The van der Waals surface area contributed by atoms with Gasteiger partial charge in [0.15, 0.2) is 18.2 Å². The second-order valence-electron chi connectivity index (χ2n) is 19.1. The number of amides is 1. The van der Waals surface area contributed by atoms with Gasteiger partial charge in [-0.05, 0) is 57.2 Å². The summed E-state index contributed by atoms with van der Waals surface area (Å²) in [5.74, 6) is -5.49. The molecule has 0 spiro atoms. The van der Waals surface area contributed by atoms with Crippen LogP contribution in [-0.2, 0) is 42.8 Å². The van der Waals surface area contributed by atoms with Gasteiger partial charge in [0.1, 0.15) is 60.5 Å². The van der Waals surface area contributed by atoms with E-state index >= 15 is 4.79 Å². The minimum atomic E-state index is -2.01. The van der Waals surface area contributed by atoms with E-state index in [2.05, 4.69) is 5.32 Å². The molecule has 2 saturated carbocycles. The number of carbonyl (C=O) groups excluding carboxylic acids is 4. The smallest absolute Gasteiger partial charge is 0.408 e. The van der Waals surface area contributed by atoms with E-state index in [9.17, 15) is 55.2 Å². The number of nitrogens with one attached hydrogen (secondary N) is 1. The first-order valence-electron chi connectivity index (χ1n) is 20.8. The molecule has 9 N–H and O–H groups in total. The Morgan fingerprint density at radius 2 is 1.62 bits per heavy atom. The van der Waals surface area contributed by atoms with Crippen molar-refractivity contribution < 1.29 is 133 Å². The van der Waals surface area contributed by atoms with Gasteiger partial charge in [0.25, 0.3) is 0 Å². The number of alkyl carbamates (subject to hydrolysis) is 1. The zero-order chi connectivity index (χ0) is 46.1. The maximum Gasteiger partial charge on any atom is 0.408 e. The summed E-state index contributed by atoms with van der Waals surface area (Å²) in [6, 6.07) is 6.82. The first kappa shape index (κ1) is 51.8. The van der Waals surface area contributed by atoms with Crippen molar-refractivity contribution in [1.29, 1.82) is 0 Å². The summed E-state index contributed by atoms with van der Waals surface area (Å²) < 4.78 is 33.7. The standard InChI is InChI=1S/C43H61NO18.Ac/c1-19-22(59-36(53)31(49)28(21-12-10-9-11-13-21)44-38(54)62-39(3,4)5)15-43(56)20(2)34-41(8,35(52)30(48)27(19)40(43,6)7)24(14-25-42(34,55)18-58-25)61-26(46)17-57-37-33(51)32(50)29(47)23(16-45)60-37;/h9-13,20,22-25,28-34,37,45,47-51,55-56H,14-18H2,1-8H3,(H,44,54);/t20-,22?,23?,24?,25?,28?,29?,30?,31?,32?,33?,34?,37?,41+,42?,43?;/m0./s1. The number of benzene rings is 1. The Kier molecular flexibility index (Phi) is 15.5. The molecule has 16 atom stereocenters. The summed E-state index contributed by atoms with van der Waals surface area (Å²) in [6.07, 6.45) is -17.5. The summed E-state index contributed by atoms with van der Waals surface area (Å²) in [4.78, 5) is 55.4. The molecule has 63 heavy (non-hydrogen) atoms. The maximum absolute atomic E-state index is 15.0. The zero-order valence-corrected chi connectivity index (χ0v) is 41.4. The van der Waals surface area contributed by atoms with Crippen molar-refractivity contribution in [2.24, 2.45) is 22.7 Å². The molecule has 1 aromatic rings. The van der Waals surface area contributed by atoms with Crippen LogP contribution in [0.15, 0.2) is 41.5 Å². The summed E-state index contributed by atoms with van der Waals surface area (Å²) >= 11 is 0. The molecule has 349 valence electrons. The number of rotatable bonds is 10. The van der Waals surface area contributed by atoms with Gasteiger partial charge in [-0.1, -0.05) is 51.1 Å². The molecule has 1 aromatic carbocycles. The van der Waals surface area contributed by atoms with Crippen LogP contribution in [0, 0.1) is 66.7 Å². The third-order valence-electron chi connectivity index (χ3n) is 14.0. The fourth-order valence-electron chi connectivity index (χ4n) is 10.6. The summed E-state index contributed by atoms with van der Waals surface area (Å²) in [6.45, 7) is 10.9. The second kappa shape index (κ2) is 18.8. The fourth-order valence-corrected chi connectivity index (χ4v) is 10.6. The minimum Gasteiger partial charge on any atom is -0.459 e. The van der Waals surface area contributed by atoms with Gasteiger partial charge in [0.05, 0.1) is 36.4 Å². The minimum absolute atomic E-state index is 0. The second-order valence-corrected chi connectivity index (χ2v) is 19.1. The normalized spacial score (nSPS) is 39.4. The molecule has 2 bridgehead atoms. The average Bonchev–Trinajstić information content (AvgIpc) is 3.19. The van der Waals surface area contributed by atoms with Gasteiger partial charge >= 0.3 is 18.0 Å². The van der Waals surface area contributed by atoms with Gasteiger partial charge < -0.3 is 74.6 Å². The van der Waals surface area contributed by atoms with Gasteiger partial charge in [-0.15, -0.1) is 0 Å². The monoisotopic (exact) mass is 1110 g/mol. The molecule has 5 aliphatic rings. The van der Waals surface area contributed by atoms with Crippen LogP contribution < -0.4 is 5.32 Å². The quantitative estimate of drug-likeness (QED) is 0.0808. The van der Waals surface area contributed by atoms with Crippen LogP contribution in [0.1, 0.15) is 79.8 Å². The Hall–Kier alpha value is -2.16. The van der Waals surface area contributed by atoms with Crippen molar-refractivity contribution in [1.82, 2.24) is 5.32 Å². The Morgan fingerprint density at radius 3 is 2.19 bits per heavy atom. The van der Waals surface area contributed by atoms with Crippen LogP contribution in [0.2, 0.25) is 0 Å². The molecule has 1 radical (unpaired) electrons. The molecular formula is C43H61AcNO18. The SMILES string of the molecule is CC1=C2C(O)C(=O)[C@]3(C)C(OC(=O)COC4OC(CO)C(O)C(O)C4O)CC4OCC4(O)C3[C@H](C)C(O)(CC1OC(=O)C(O)C(NC(=O)OC(C)(C)C)c1ccccc1)C2(C)C.[Ac]. The number of ether oxygens (including phenoxy) is 6. The largest absolute Gasteiger partial charge is 0.459 e. The van der Waals surface area contributed by atoms with E-state index in [-0.39, 0.29) is 74.7 Å². The molecule has 0 aromatic heterocycles. The summed E-state index contributed by atoms with van der Waals surface area (Å²) in [5.41, 5.74) is -7.43. The Labute approximate surface area is 401 Å². The van der Waals surface area contributed by atoms with E-state index in [0.29, 0.717) is 5.56 Å². The Balaban J connectivity index is 0.00000748. The summed E-state index contributed by atoms with van der Waals surface area (Å²) in [7, 11) is 0. The van der Waals surface area contributed by atoms with E-state index in [0.717, 1.165) is 0 Å². The number of carbonyl (C=O) groups is 4. The fraction of sp³-hybridized carbons (Fsp3) is 0.721. The molecule has 2 saturated heterocycles. The number of aliphatic hydroxyl groups excluding tert-OH is 6. The van der Waals surface area contributed by atoms with Crippen LogP contribution in [0.3, 0.4) is 0 Å². The predicted molar refractivity (Wildman–Crippen MR) is 211 cm³/mol. The number of esters is 2. The van der Waals surface area contributed by atoms with Crippen LogP contribution >= 0.6 is 0 Å². The number of ketones is 1. The van der Waals surface area contributed by atoms with E-state index in [1.54, 1.807) is 71.9 Å². The van der Waals surface area contributed by atoms with E-state index in [1.165, 1.54) is 13.8 Å². The van der Waals surface area contributed by atoms with Crippen molar-refractivity contribution in [3.8, 4) is 0 Å². The predicted octanol–water partition coefficient (Wildman–Crippen LogP) is -0.533. The third kappa shape index (κ3) is 9.16. The van der Waals surface area contributed by atoms with Gasteiger partial charge in [-0.3, -0.25) is 4.79 Å². The van der Waals surface area contributed by atoms with Crippen LogP contribution in [0.4, 0.5) is 4.79 Å². The zero-order valence-electron chi connectivity index (χ0n) is 36.7.